The van der Waals surface area contributed by atoms with Crippen LogP contribution < -0.4 is 0 Å². The molecule has 2 N–H and O–H groups in total. The van der Waals surface area contributed by atoms with Crippen LogP contribution in [0, 0.1) is 5.82 Å². The Hall–Kier alpha value is -3.56. The summed E-state index contributed by atoms with van der Waals surface area (Å²) < 4.78 is 19.7. The van der Waals surface area contributed by atoms with Crippen LogP contribution in [0.2, 0.25) is 0 Å². The molecule has 2 aromatic heterocycles. The number of hydrogen-bond donors (Lipinski definition) is 2. The van der Waals surface area contributed by atoms with E-state index in [9.17, 15) is 9.90 Å². The SMILES string of the molecule is O=C(O)OC1CN(Cc2ccc(-c3nc4ccc(C5(c6ccc(O)cc6)CC5)nc4s3)c(F)c2)C1. The fourth-order valence-electron chi connectivity index (χ4n) is 4.75. The maximum absolute atomic E-state index is 15.0. The summed E-state index contributed by atoms with van der Waals surface area (Å²) in [5.74, 6) is -0.0993. The first-order chi connectivity index (χ1) is 16.9. The van der Waals surface area contributed by atoms with Gasteiger partial charge in [0.2, 0.25) is 0 Å². The zero-order valence-electron chi connectivity index (χ0n) is 18.6. The molecule has 0 spiro atoms. The molecule has 1 saturated heterocycles. The number of nitrogens with zero attached hydrogens (tertiary/aromatic N) is 3. The topological polar surface area (TPSA) is 95.8 Å². The third-order valence-electron chi connectivity index (χ3n) is 6.78. The van der Waals surface area contributed by atoms with Crippen LogP contribution in [0.5, 0.6) is 5.75 Å². The molecule has 0 bridgehead atoms. The first kappa shape index (κ1) is 21.9. The largest absolute Gasteiger partial charge is 0.508 e. The van der Waals surface area contributed by atoms with Gasteiger partial charge in [-0.15, -0.1) is 0 Å². The van der Waals surface area contributed by atoms with Gasteiger partial charge in [0.15, 0.2) is 0 Å². The number of phenolic OH excluding ortho intramolecular Hbond substituents is 1. The van der Waals surface area contributed by atoms with E-state index < -0.39 is 6.16 Å². The Bertz CT molecular complexity index is 1430. The molecule has 3 heterocycles. The zero-order valence-corrected chi connectivity index (χ0v) is 19.5. The van der Waals surface area contributed by atoms with Crippen molar-refractivity contribution in [3.8, 4) is 16.3 Å². The number of carbonyl (C=O) groups is 1. The van der Waals surface area contributed by atoms with Gasteiger partial charge in [-0.05, 0) is 60.4 Å². The molecule has 0 amide bonds. The number of likely N-dealkylation sites (tertiary alicyclic amines) is 1. The van der Waals surface area contributed by atoms with Crippen molar-refractivity contribution in [1.82, 2.24) is 14.9 Å². The Morgan fingerprint density at radius 1 is 1.11 bits per heavy atom. The lowest BCUT2D eigenvalue weighted by molar-refractivity contribution is -0.0363. The van der Waals surface area contributed by atoms with Crippen LogP contribution in [0.15, 0.2) is 54.6 Å². The predicted molar refractivity (Wildman–Crippen MR) is 129 cm³/mol. The molecule has 0 radical (unpaired) electrons. The Morgan fingerprint density at radius 3 is 2.57 bits per heavy atom. The van der Waals surface area contributed by atoms with Crippen molar-refractivity contribution in [3.05, 3.63) is 77.2 Å². The van der Waals surface area contributed by atoms with Crippen molar-refractivity contribution < 1.29 is 24.1 Å². The number of fused-ring (bicyclic) bond motifs is 1. The van der Waals surface area contributed by atoms with Gasteiger partial charge in [0.25, 0.3) is 0 Å². The second kappa shape index (κ2) is 8.28. The molecule has 6 rings (SSSR count). The van der Waals surface area contributed by atoms with Gasteiger partial charge in [0.05, 0.1) is 5.69 Å². The van der Waals surface area contributed by atoms with E-state index in [0.29, 0.717) is 30.2 Å². The molecule has 4 aromatic rings. The van der Waals surface area contributed by atoms with Crippen LogP contribution in [0.3, 0.4) is 0 Å². The molecule has 2 fully saturated rings. The lowest BCUT2D eigenvalue weighted by atomic mass is 9.92. The summed E-state index contributed by atoms with van der Waals surface area (Å²) in [7, 11) is 0. The fourth-order valence-corrected chi connectivity index (χ4v) is 5.72. The molecule has 2 aliphatic rings. The zero-order chi connectivity index (χ0) is 24.2. The Kier molecular flexibility index (Phi) is 5.19. The Morgan fingerprint density at radius 2 is 1.89 bits per heavy atom. The quantitative estimate of drug-likeness (QED) is 0.360. The molecule has 0 unspecified atom stereocenters. The highest BCUT2D eigenvalue weighted by molar-refractivity contribution is 7.21. The first-order valence-electron chi connectivity index (χ1n) is 11.4. The monoisotopic (exact) mass is 491 g/mol. The highest BCUT2D eigenvalue weighted by Crippen LogP contribution is 2.53. The highest BCUT2D eigenvalue weighted by atomic mass is 32.1. The number of hydrogen-bond acceptors (Lipinski definition) is 7. The molecule has 9 heteroatoms. The van der Waals surface area contributed by atoms with E-state index in [2.05, 4.69) is 4.98 Å². The summed E-state index contributed by atoms with van der Waals surface area (Å²) in [5.41, 5.74) is 3.96. The van der Waals surface area contributed by atoms with E-state index in [1.807, 2.05) is 35.2 Å². The molecule has 7 nitrogen and oxygen atoms in total. The number of phenols is 1. The predicted octanol–water partition coefficient (Wildman–Crippen LogP) is 5.16. The van der Waals surface area contributed by atoms with Crippen molar-refractivity contribution in [2.75, 3.05) is 13.1 Å². The minimum absolute atomic E-state index is 0.135. The smallest absolute Gasteiger partial charge is 0.506 e. The molecule has 2 aromatic carbocycles. The number of aromatic nitrogens is 2. The first-order valence-corrected chi connectivity index (χ1v) is 12.2. The lowest BCUT2D eigenvalue weighted by Gasteiger charge is -2.37. The fraction of sp³-hybridized carbons (Fsp3) is 0.269. The average Bonchev–Trinajstić information content (AvgIpc) is 3.50. The Labute approximate surface area is 204 Å². The molecule has 1 aliphatic heterocycles. The van der Waals surface area contributed by atoms with Crippen LogP contribution >= 0.6 is 11.3 Å². The molecular formula is C26H22FN3O4S. The summed E-state index contributed by atoms with van der Waals surface area (Å²) in [4.78, 5) is 22.9. The number of carboxylic acid groups (broad SMARTS) is 1. The average molecular weight is 492 g/mol. The number of pyridine rings is 1. The molecule has 1 aliphatic carbocycles. The van der Waals surface area contributed by atoms with E-state index in [1.165, 1.54) is 17.4 Å². The Balaban J connectivity index is 1.21. The van der Waals surface area contributed by atoms with Crippen LogP contribution in [-0.2, 0) is 16.7 Å². The standard InChI is InChI=1S/C26H22FN3O4S/c27-20-11-15(12-30-13-18(14-30)34-25(32)33)1-6-19(20)23-28-21-7-8-22(29-24(21)35-23)26(9-10-26)16-2-4-17(31)5-3-16/h1-8,11,18,31H,9-10,12-14H2,(H,32,33). The van der Waals surface area contributed by atoms with E-state index in [1.54, 1.807) is 18.2 Å². The van der Waals surface area contributed by atoms with Gasteiger partial charge in [-0.3, -0.25) is 4.90 Å². The maximum atomic E-state index is 15.0. The minimum atomic E-state index is -1.27. The number of rotatable bonds is 6. The molecular weight excluding hydrogens is 469 g/mol. The third-order valence-corrected chi connectivity index (χ3v) is 7.78. The second-order valence-electron chi connectivity index (χ2n) is 9.18. The van der Waals surface area contributed by atoms with Crippen molar-refractivity contribution in [3.63, 3.8) is 0 Å². The summed E-state index contributed by atoms with van der Waals surface area (Å²) in [5, 5.41) is 18.9. The van der Waals surface area contributed by atoms with Gasteiger partial charge >= 0.3 is 6.16 Å². The van der Waals surface area contributed by atoms with Crippen LogP contribution in [-0.4, -0.2) is 50.4 Å². The van der Waals surface area contributed by atoms with E-state index >= 15 is 4.39 Å². The molecule has 0 atom stereocenters. The number of halogens is 1. The molecule has 1 saturated carbocycles. The molecule has 178 valence electrons. The third kappa shape index (κ3) is 4.11. The summed E-state index contributed by atoms with van der Waals surface area (Å²) in [6, 6.07) is 16.4. The minimum Gasteiger partial charge on any atom is -0.508 e. The normalized spacial score (nSPS) is 17.3. The summed E-state index contributed by atoms with van der Waals surface area (Å²) >= 11 is 1.38. The van der Waals surface area contributed by atoms with Gasteiger partial charge in [0.1, 0.15) is 33.0 Å². The second-order valence-corrected chi connectivity index (χ2v) is 10.2. The number of ether oxygens (including phenoxy) is 1. The van der Waals surface area contributed by atoms with Gasteiger partial charge in [-0.1, -0.05) is 29.5 Å². The van der Waals surface area contributed by atoms with Crippen molar-refractivity contribution in [2.45, 2.75) is 30.9 Å². The number of benzene rings is 2. The lowest BCUT2D eigenvalue weighted by Crippen LogP contribution is -2.52. The van der Waals surface area contributed by atoms with E-state index in [-0.39, 0.29) is 23.1 Å². The summed E-state index contributed by atoms with van der Waals surface area (Å²) in [6.45, 7) is 1.54. The van der Waals surface area contributed by atoms with E-state index in [0.717, 1.165) is 40.0 Å². The van der Waals surface area contributed by atoms with Gasteiger partial charge in [0, 0.05) is 30.6 Å². The van der Waals surface area contributed by atoms with Gasteiger partial charge in [-0.25, -0.2) is 19.2 Å². The van der Waals surface area contributed by atoms with Crippen molar-refractivity contribution in [2.24, 2.45) is 0 Å². The number of aromatic hydroxyl groups is 1. The van der Waals surface area contributed by atoms with Crippen LogP contribution in [0.25, 0.3) is 20.9 Å². The van der Waals surface area contributed by atoms with Gasteiger partial charge < -0.3 is 14.9 Å². The highest BCUT2D eigenvalue weighted by Gasteiger charge is 2.47. The molecule has 35 heavy (non-hydrogen) atoms. The van der Waals surface area contributed by atoms with Crippen molar-refractivity contribution >= 4 is 27.8 Å². The van der Waals surface area contributed by atoms with Crippen LogP contribution in [0.4, 0.5) is 9.18 Å². The van der Waals surface area contributed by atoms with Crippen molar-refractivity contribution in [1.29, 1.82) is 0 Å². The summed E-state index contributed by atoms with van der Waals surface area (Å²) in [6.07, 6.45) is 0.409. The van der Waals surface area contributed by atoms with Crippen LogP contribution in [0.1, 0.15) is 29.7 Å². The van der Waals surface area contributed by atoms with E-state index in [4.69, 9.17) is 14.8 Å². The van der Waals surface area contributed by atoms with Gasteiger partial charge in [-0.2, -0.15) is 0 Å². The number of thiazole rings is 1. The maximum Gasteiger partial charge on any atom is 0.506 e.